The molecule has 2 nitrogen and oxygen atoms in total. The van der Waals surface area contributed by atoms with Crippen molar-refractivity contribution in [2.24, 2.45) is 0 Å². The molecule has 0 N–H and O–H groups in total. The van der Waals surface area contributed by atoms with Gasteiger partial charge in [0.05, 0.1) is 11.1 Å². The Morgan fingerprint density at radius 1 is 1.54 bits per heavy atom. The first kappa shape index (κ1) is 10.7. The molecule has 4 heteroatoms. The van der Waals surface area contributed by atoms with Crippen molar-refractivity contribution in [3.05, 3.63) is 33.9 Å². The Kier molecular flexibility index (Phi) is 4.45. The van der Waals surface area contributed by atoms with Crippen LogP contribution >= 0.6 is 31.9 Å². The monoisotopic (exact) mass is 305 g/mol. The first-order valence-electron chi connectivity index (χ1n) is 3.79. The lowest BCUT2D eigenvalue weighted by atomic mass is 10.4. The van der Waals surface area contributed by atoms with Crippen LogP contribution in [-0.4, -0.2) is 11.6 Å². The average Bonchev–Trinajstić information content (AvgIpc) is 2.09. The van der Waals surface area contributed by atoms with Gasteiger partial charge in [-0.1, -0.05) is 6.08 Å². The van der Waals surface area contributed by atoms with Gasteiger partial charge in [0.25, 0.3) is 0 Å². The number of nitrogens with zero attached hydrogens (tertiary/aromatic N) is 1. The summed E-state index contributed by atoms with van der Waals surface area (Å²) in [5.74, 6) is 0.616. The fourth-order valence-electron chi connectivity index (χ4n) is 0.747. The summed E-state index contributed by atoms with van der Waals surface area (Å²) >= 11 is 6.67. The molecule has 1 rings (SSSR count). The van der Waals surface area contributed by atoms with E-state index in [1.807, 2.05) is 12.1 Å². The minimum Gasteiger partial charge on any atom is -0.477 e. The van der Waals surface area contributed by atoms with Crippen LogP contribution in [0.5, 0.6) is 5.88 Å². The molecule has 0 radical (unpaired) electrons. The largest absolute Gasteiger partial charge is 0.477 e. The Hall–Kier alpha value is -0.350. The molecule has 0 unspecified atom stereocenters. The lowest BCUT2D eigenvalue weighted by Crippen LogP contribution is -1.98. The van der Waals surface area contributed by atoms with Crippen LogP contribution in [0.2, 0.25) is 0 Å². The van der Waals surface area contributed by atoms with Crippen molar-refractivity contribution in [1.82, 2.24) is 4.98 Å². The van der Waals surface area contributed by atoms with Gasteiger partial charge in [-0.25, -0.2) is 4.98 Å². The third-order valence-corrected chi connectivity index (χ3v) is 2.34. The molecule has 1 heterocycles. The maximum Gasteiger partial charge on any atom is 0.228 e. The van der Waals surface area contributed by atoms with Gasteiger partial charge in [-0.05, 0) is 44.3 Å². The molecule has 0 aliphatic carbocycles. The van der Waals surface area contributed by atoms with Crippen LogP contribution < -0.4 is 4.74 Å². The van der Waals surface area contributed by atoms with Crippen molar-refractivity contribution in [1.29, 1.82) is 0 Å². The van der Waals surface area contributed by atoms with Crippen molar-refractivity contribution in [2.75, 3.05) is 6.61 Å². The number of halogens is 2. The zero-order valence-corrected chi connectivity index (χ0v) is 10.1. The Morgan fingerprint density at radius 3 is 2.92 bits per heavy atom. The molecule has 70 valence electrons. The quantitative estimate of drug-likeness (QED) is 0.627. The summed E-state index contributed by atoms with van der Waals surface area (Å²) in [5.41, 5.74) is 0. The van der Waals surface area contributed by atoms with Crippen LogP contribution in [0.1, 0.15) is 6.42 Å². The summed E-state index contributed by atoms with van der Waals surface area (Å²) < 4.78 is 7.16. The highest BCUT2D eigenvalue weighted by atomic mass is 79.9. The molecule has 13 heavy (non-hydrogen) atoms. The van der Waals surface area contributed by atoms with Crippen LogP contribution in [0, 0.1) is 0 Å². The minimum absolute atomic E-state index is 0.608. The number of aromatic nitrogens is 1. The summed E-state index contributed by atoms with van der Waals surface area (Å²) in [7, 11) is 0. The number of hydrogen-bond acceptors (Lipinski definition) is 2. The lowest BCUT2D eigenvalue weighted by Gasteiger charge is -2.05. The second kappa shape index (κ2) is 5.40. The molecule has 0 saturated heterocycles. The molecule has 0 aromatic carbocycles. The molecule has 1 aromatic heterocycles. The van der Waals surface area contributed by atoms with Gasteiger partial charge in [0.1, 0.15) is 0 Å². The van der Waals surface area contributed by atoms with Crippen LogP contribution in [-0.2, 0) is 0 Å². The van der Waals surface area contributed by atoms with Crippen LogP contribution in [0.25, 0.3) is 0 Å². The van der Waals surface area contributed by atoms with E-state index in [0.717, 1.165) is 15.4 Å². The van der Waals surface area contributed by atoms with Crippen molar-refractivity contribution in [2.45, 2.75) is 6.42 Å². The second-order valence-electron chi connectivity index (χ2n) is 2.37. The number of ether oxygens (including phenoxy) is 1. The van der Waals surface area contributed by atoms with E-state index >= 15 is 0 Å². The second-order valence-corrected chi connectivity index (χ2v) is 4.14. The van der Waals surface area contributed by atoms with E-state index < -0.39 is 0 Å². The Balaban J connectivity index is 2.61. The first-order valence-corrected chi connectivity index (χ1v) is 5.37. The number of rotatable bonds is 4. The van der Waals surface area contributed by atoms with Crippen LogP contribution in [0.3, 0.4) is 0 Å². The maximum absolute atomic E-state index is 5.38. The van der Waals surface area contributed by atoms with Gasteiger partial charge in [-0.15, -0.1) is 6.58 Å². The van der Waals surface area contributed by atoms with Gasteiger partial charge < -0.3 is 4.74 Å². The van der Waals surface area contributed by atoms with Crippen LogP contribution in [0.4, 0.5) is 0 Å². The molecule has 0 bridgehead atoms. The molecule has 0 atom stereocenters. The fourth-order valence-corrected chi connectivity index (χ4v) is 1.85. The SMILES string of the molecule is C=CCCOc1ncc(Br)cc1Br. The molecule has 0 aliphatic heterocycles. The standard InChI is InChI=1S/C9H9Br2NO/c1-2-3-4-13-9-8(11)5-7(10)6-12-9/h2,5-6H,1,3-4H2. The average molecular weight is 307 g/mol. The topological polar surface area (TPSA) is 22.1 Å². The number of pyridine rings is 1. The van der Waals surface area contributed by atoms with E-state index in [4.69, 9.17) is 4.74 Å². The summed E-state index contributed by atoms with van der Waals surface area (Å²) in [5, 5.41) is 0. The highest BCUT2D eigenvalue weighted by molar-refractivity contribution is 9.11. The van der Waals surface area contributed by atoms with Crippen LogP contribution in [0.15, 0.2) is 33.9 Å². The maximum atomic E-state index is 5.38. The highest BCUT2D eigenvalue weighted by Gasteiger charge is 2.01. The Labute approximate surface area is 94.3 Å². The molecule has 0 fully saturated rings. The van der Waals surface area contributed by atoms with Gasteiger partial charge in [-0.3, -0.25) is 0 Å². The first-order chi connectivity index (χ1) is 6.24. The molecular weight excluding hydrogens is 298 g/mol. The van der Waals surface area contributed by atoms with Gasteiger partial charge >= 0.3 is 0 Å². The normalized spacial score (nSPS) is 9.69. The third kappa shape index (κ3) is 3.48. The zero-order chi connectivity index (χ0) is 9.68. The van der Waals surface area contributed by atoms with Crippen molar-refractivity contribution < 1.29 is 4.74 Å². The number of hydrogen-bond donors (Lipinski definition) is 0. The Morgan fingerprint density at radius 2 is 2.31 bits per heavy atom. The van der Waals surface area contributed by atoms with Gasteiger partial charge in [0.2, 0.25) is 5.88 Å². The molecule has 1 aromatic rings. The van der Waals surface area contributed by atoms with Gasteiger partial charge in [0, 0.05) is 10.7 Å². The van der Waals surface area contributed by atoms with Crippen molar-refractivity contribution in [3.63, 3.8) is 0 Å². The summed E-state index contributed by atoms with van der Waals surface area (Å²) in [4.78, 5) is 4.10. The molecular formula is C9H9Br2NO. The molecule has 0 aliphatic rings. The predicted molar refractivity (Wildman–Crippen MR) is 59.9 cm³/mol. The third-order valence-electron chi connectivity index (χ3n) is 1.33. The lowest BCUT2D eigenvalue weighted by molar-refractivity contribution is 0.310. The highest BCUT2D eigenvalue weighted by Crippen LogP contribution is 2.25. The van der Waals surface area contributed by atoms with Crippen molar-refractivity contribution >= 4 is 31.9 Å². The summed E-state index contributed by atoms with van der Waals surface area (Å²) in [6.45, 7) is 4.22. The molecule has 0 saturated carbocycles. The van der Waals surface area contributed by atoms with E-state index in [2.05, 4.69) is 43.4 Å². The molecule has 0 spiro atoms. The summed E-state index contributed by atoms with van der Waals surface area (Å²) in [6.07, 6.45) is 4.34. The van der Waals surface area contributed by atoms with Crippen molar-refractivity contribution in [3.8, 4) is 5.88 Å². The zero-order valence-electron chi connectivity index (χ0n) is 6.96. The van der Waals surface area contributed by atoms with E-state index in [-0.39, 0.29) is 0 Å². The van der Waals surface area contributed by atoms with E-state index in [1.54, 1.807) is 6.20 Å². The van der Waals surface area contributed by atoms with Gasteiger partial charge in [-0.2, -0.15) is 0 Å². The Bertz CT molecular complexity index is 302. The molecule has 0 amide bonds. The summed E-state index contributed by atoms with van der Waals surface area (Å²) in [6, 6.07) is 1.90. The van der Waals surface area contributed by atoms with E-state index in [0.29, 0.717) is 12.5 Å². The predicted octanol–water partition coefficient (Wildman–Crippen LogP) is 3.56. The fraction of sp³-hybridized carbons (Fsp3) is 0.222. The van der Waals surface area contributed by atoms with E-state index in [1.165, 1.54) is 0 Å². The smallest absolute Gasteiger partial charge is 0.228 e. The van der Waals surface area contributed by atoms with E-state index in [9.17, 15) is 0 Å². The minimum atomic E-state index is 0.608. The van der Waals surface area contributed by atoms with Gasteiger partial charge in [0.15, 0.2) is 0 Å².